The molecule has 3 nitrogen and oxygen atoms in total. The second-order valence-corrected chi connectivity index (χ2v) is 3.59. The van der Waals surface area contributed by atoms with Crippen LogP contribution in [0.15, 0.2) is 30.3 Å². The van der Waals surface area contributed by atoms with Crippen molar-refractivity contribution in [3.05, 3.63) is 35.9 Å². The molecule has 15 heavy (non-hydrogen) atoms. The third-order valence-corrected chi connectivity index (χ3v) is 2.10. The molecule has 0 unspecified atom stereocenters. The Morgan fingerprint density at radius 1 is 1.33 bits per heavy atom. The number of nitrogens with one attached hydrogen (secondary N) is 2. The molecule has 0 spiro atoms. The van der Waals surface area contributed by atoms with Crippen LogP contribution in [-0.4, -0.2) is 18.6 Å². The summed E-state index contributed by atoms with van der Waals surface area (Å²) in [6, 6.07) is 10.2. The van der Waals surface area contributed by atoms with Gasteiger partial charge in [0.15, 0.2) is 0 Å². The highest BCUT2D eigenvalue weighted by Gasteiger charge is 2.06. The standard InChI is InChI=1S/C12H18N2O/c1-3-13-12(15)14-10(2)9-11-7-5-4-6-8-11/h4-8,10H,3,9H2,1-2H3,(H2,13,14,15)/t10-/m1/s1. The van der Waals surface area contributed by atoms with Crippen molar-refractivity contribution < 1.29 is 4.79 Å². The number of hydrogen-bond acceptors (Lipinski definition) is 1. The Bertz CT molecular complexity index is 298. The van der Waals surface area contributed by atoms with Crippen LogP contribution in [0.3, 0.4) is 0 Å². The first-order chi connectivity index (χ1) is 7.22. The van der Waals surface area contributed by atoms with Gasteiger partial charge in [0.05, 0.1) is 0 Å². The van der Waals surface area contributed by atoms with E-state index in [-0.39, 0.29) is 12.1 Å². The van der Waals surface area contributed by atoms with Gasteiger partial charge in [-0.25, -0.2) is 4.79 Å². The highest BCUT2D eigenvalue weighted by Crippen LogP contribution is 2.02. The van der Waals surface area contributed by atoms with Crippen LogP contribution in [0, 0.1) is 0 Å². The molecule has 1 atom stereocenters. The molecule has 0 radical (unpaired) electrons. The van der Waals surface area contributed by atoms with Gasteiger partial charge in [0.25, 0.3) is 0 Å². The lowest BCUT2D eigenvalue weighted by atomic mass is 10.1. The van der Waals surface area contributed by atoms with E-state index in [9.17, 15) is 4.79 Å². The van der Waals surface area contributed by atoms with Gasteiger partial charge in [-0.2, -0.15) is 0 Å². The molecule has 0 fully saturated rings. The van der Waals surface area contributed by atoms with Crippen molar-refractivity contribution in [3.63, 3.8) is 0 Å². The Balaban J connectivity index is 2.36. The molecular formula is C12H18N2O. The Morgan fingerprint density at radius 2 is 2.00 bits per heavy atom. The van der Waals surface area contributed by atoms with Gasteiger partial charge in [0, 0.05) is 12.6 Å². The van der Waals surface area contributed by atoms with Gasteiger partial charge in [0.1, 0.15) is 0 Å². The first-order valence-corrected chi connectivity index (χ1v) is 5.30. The lowest BCUT2D eigenvalue weighted by Crippen LogP contribution is -2.41. The van der Waals surface area contributed by atoms with Gasteiger partial charge in [0.2, 0.25) is 0 Å². The molecule has 0 aliphatic carbocycles. The predicted molar refractivity (Wildman–Crippen MR) is 61.8 cm³/mol. The lowest BCUT2D eigenvalue weighted by molar-refractivity contribution is 0.238. The molecule has 0 saturated carbocycles. The van der Waals surface area contributed by atoms with Crippen molar-refractivity contribution in [1.82, 2.24) is 10.6 Å². The van der Waals surface area contributed by atoms with E-state index in [1.807, 2.05) is 32.0 Å². The van der Waals surface area contributed by atoms with Crippen LogP contribution in [0.1, 0.15) is 19.4 Å². The van der Waals surface area contributed by atoms with Crippen LogP contribution in [0.5, 0.6) is 0 Å². The summed E-state index contributed by atoms with van der Waals surface area (Å²) < 4.78 is 0. The quantitative estimate of drug-likeness (QED) is 0.776. The summed E-state index contributed by atoms with van der Waals surface area (Å²) in [7, 11) is 0. The molecule has 0 bridgehead atoms. The Labute approximate surface area is 90.9 Å². The summed E-state index contributed by atoms with van der Waals surface area (Å²) in [6.07, 6.45) is 0.859. The highest BCUT2D eigenvalue weighted by atomic mass is 16.2. The highest BCUT2D eigenvalue weighted by molar-refractivity contribution is 5.74. The largest absolute Gasteiger partial charge is 0.338 e. The molecule has 0 aliphatic heterocycles. The minimum atomic E-state index is -0.0964. The number of rotatable bonds is 4. The summed E-state index contributed by atoms with van der Waals surface area (Å²) in [4.78, 5) is 11.2. The Kier molecular flexibility index (Phi) is 4.68. The zero-order valence-electron chi connectivity index (χ0n) is 9.29. The number of benzene rings is 1. The number of hydrogen-bond donors (Lipinski definition) is 2. The average molecular weight is 206 g/mol. The van der Waals surface area contributed by atoms with Gasteiger partial charge in [-0.3, -0.25) is 0 Å². The number of carbonyl (C=O) groups excluding carboxylic acids is 1. The number of urea groups is 1. The van der Waals surface area contributed by atoms with Crippen molar-refractivity contribution in [2.75, 3.05) is 6.54 Å². The van der Waals surface area contributed by atoms with E-state index in [0.29, 0.717) is 6.54 Å². The van der Waals surface area contributed by atoms with Crippen LogP contribution >= 0.6 is 0 Å². The lowest BCUT2D eigenvalue weighted by Gasteiger charge is -2.13. The maximum atomic E-state index is 11.2. The van der Waals surface area contributed by atoms with Gasteiger partial charge < -0.3 is 10.6 Å². The molecule has 1 rings (SSSR count). The number of amides is 2. The van der Waals surface area contributed by atoms with E-state index >= 15 is 0 Å². The van der Waals surface area contributed by atoms with Crippen LogP contribution in [-0.2, 0) is 6.42 Å². The van der Waals surface area contributed by atoms with E-state index in [4.69, 9.17) is 0 Å². The zero-order valence-corrected chi connectivity index (χ0v) is 9.29. The van der Waals surface area contributed by atoms with Crippen molar-refractivity contribution >= 4 is 6.03 Å². The third-order valence-electron chi connectivity index (χ3n) is 2.10. The molecular weight excluding hydrogens is 188 g/mol. The zero-order chi connectivity index (χ0) is 11.1. The molecule has 0 saturated heterocycles. The molecule has 82 valence electrons. The van der Waals surface area contributed by atoms with E-state index in [0.717, 1.165) is 6.42 Å². The van der Waals surface area contributed by atoms with Crippen molar-refractivity contribution in [2.24, 2.45) is 0 Å². The summed E-state index contributed by atoms with van der Waals surface area (Å²) in [5, 5.41) is 5.59. The van der Waals surface area contributed by atoms with E-state index in [1.165, 1.54) is 5.56 Å². The van der Waals surface area contributed by atoms with E-state index in [1.54, 1.807) is 0 Å². The van der Waals surface area contributed by atoms with Gasteiger partial charge in [-0.1, -0.05) is 30.3 Å². The predicted octanol–water partition coefficient (Wildman–Crippen LogP) is 1.94. The van der Waals surface area contributed by atoms with Crippen LogP contribution in [0.25, 0.3) is 0 Å². The van der Waals surface area contributed by atoms with Crippen LogP contribution < -0.4 is 10.6 Å². The van der Waals surface area contributed by atoms with Crippen LogP contribution in [0.2, 0.25) is 0 Å². The third kappa shape index (κ3) is 4.49. The first kappa shape index (κ1) is 11.6. The fourth-order valence-corrected chi connectivity index (χ4v) is 1.45. The fourth-order valence-electron chi connectivity index (χ4n) is 1.45. The molecule has 0 heterocycles. The van der Waals surface area contributed by atoms with E-state index < -0.39 is 0 Å². The molecule has 0 aliphatic rings. The first-order valence-electron chi connectivity index (χ1n) is 5.30. The maximum Gasteiger partial charge on any atom is 0.314 e. The minimum absolute atomic E-state index is 0.0964. The summed E-state index contributed by atoms with van der Waals surface area (Å²) in [5.41, 5.74) is 1.24. The smallest absolute Gasteiger partial charge is 0.314 e. The molecule has 2 N–H and O–H groups in total. The topological polar surface area (TPSA) is 41.1 Å². The second-order valence-electron chi connectivity index (χ2n) is 3.59. The van der Waals surface area contributed by atoms with Crippen LogP contribution in [0.4, 0.5) is 4.79 Å². The number of carbonyl (C=O) groups is 1. The Hall–Kier alpha value is -1.51. The monoisotopic (exact) mass is 206 g/mol. The van der Waals surface area contributed by atoms with E-state index in [2.05, 4.69) is 22.8 Å². The SMILES string of the molecule is CCNC(=O)N[C@H](C)Cc1ccccc1. The van der Waals surface area contributed by atoms with Gasteiger partial charge in [-0.05, 0) is 25.8 Å². The summed E-state index contributed by atoms with van der Waals surface area (Å²) in [6.45, 7) is 4.56. The maximum absolute atomic E-state index is 11.2. The van der Waals surface area contributed by atoms with Crippen molar-refractivity contribution in [1.29, 1.82) is 0 Å². The molecule has 1 aromatic carbocycles. The summed E-state index contributed by atoms with van der Waals surface area (Å²) in [5.74, 6) is 0. The minimum Gasteiger partial charge on any atom is -0.338 e. The second kappa shape index (κ2) is 6.06. The Morgan fingerprint density at radius 3 is 2.60 bits per heavy atom. The molecule has 0 aromatic heterocycles. The molecule has 1 aromatic rings. The summed E-state index contributed by atoms with van der Waals surface area (Å²) >= 11 is 0. The molecule has 2 amide bonds. The van der Waals surface area contributed by atoms with Gasteiger partial charge >= 0.3 is 6.03 Å². The average Bonchev–Trinajstić information content (AvgIpc) is 2.19. The van der Waals surface area contributed by atoms with Crippen molar-refractivity contribution in [2.45, 2.75) is 26.3 Å². The van der Waals surface area contributed by atoms with Gasteiger partial charge in [-0.15, -0.1) is 0 Å². The molecule has 3 heteroatoms. The van der Waals surface area contributed by atoms with Crippen molar-refractivity contribution in [3.8, 4) is 0 Å². The fraction of sp³-hybridized carbons (Fsp3) is 0.417. The normalized spacial score (nSPS) is 11.9.